The molecule has 6 nitrogen and oxygen atoms in total. The van der Waals surface area contributed by atoms with Gasteiger partial charge in [0.2, 0.25) is 0 Å². The molecule has 0 aromatic heterocycles. The molecule has 0 radical (unpaired) electrons. The van der Waals surface area contributed by atoms with E-state index in [0.29, 0.717) is 10.9 Å². The fraction of sp³-hybridized carbons (Fsp3) is 0.571. The van der Waals surface area contributed by atoms with Crippen LogP contribution in [0.3, 0.4) is 0 Å². The molecule has 0 aliphatic heterocycles. The first kappa shape index (κ1) is 17.1. The second-order valence-electron chi connectivity index (χ2n) is 5.39. The Kier molecular flexibility index (Phi) is 5.33. The summed E-state index contributed by atoms with van der Waals surface area (Å²) in [5.74, 6) is 1.04. The summed E-state index contributed by atoms with van der Waals surface area (Å²) in [5.41, 5.74) is 0.249. The van der Waals surface area contributed by atoms with E-state index in [0.717, 1.165) is 31.3 Å². The van der Waals surface area contributed by atoms with Crippen LogP contribution >= 0.6 is 11.8 Å². The van der Waals surface area contributed by atoms with Crippen LogP contribution in [0.25, 0.3) is 0 Å². The third kappa shape index (κ3) is 3.92. The zero-order valence-corrected chi connectivity index (χ0v) is 14.2. The van der Waals surface area contributed by atoms with E-state index in [-0.39, 0.29) is 16.6 Å². The molecule has 1 aliphatic rings. The lowest BCUT2D eigenvalue weighted by Crippen LogP contribution is -2.26. The van der Waals surface area contributed by atoms with Gasteiger partial charge in [0.25, 0.3) is 5.69 Å². The van der Waals surface area contributed by atoms with Crippen LogP contribution in [0.4, 0.5) is 11.4 Å². The zero-order valence-electron chi connectivity index (χ0n) is 12.6. The average Bonchev–Trinajstić information content (AvgIpc) is 2.85. The second-order valence-corrected chi connectivity index (χ2v) is 8.89. The van der Waals surface area contributed by atoms with Crippen molar-refractivity contribution in [3.8, 4) is 0 Å². The molecule has 1 fully saturated rings. The van der Waals surface area contributed by atoms with Crippen molar-refractivity contribution in [2.24, 2.45) is 0 Å². The predicted octanol–water partition coefficient (Wildman–Crippen LogP) is 3.08. The van der Waals surface area contributed by atoms with E-state index in [2.05, 4.69) is 12.2 Å². The fourth-order valence-electron chi connectivity index (χ4n) is 2.77. The molecule has 1 aromatic rings. The smallest absolute Gasteiger partial charge is 0.288 e. The summed E-state index contributed by atoms with van der Waals surface area (Å²) in [4.78, 5) is 10.1. The van der Waals surface area contributed by atoms with Crippen LogP contribution in [0.15, 0.2) is 23.1 Å². The van der Waals surface area contributed by atoms with Crippen LogP contribution < -0.4 is 5.32 Å². The van der Waals surface area contributed by atoms with Gasteiger partial charge in [-0.3, -0.25) is 10.1 Å². The number of thioether (sulfide) groups is 1. The Labute approximate surface area is 134 Å². The van der Waals surface area contributed by atoms with E-state index in [1.165, 1.54) is 12.1 Å². The largest absolute Gasteiger partial charge is 0.381 e. The summed E-state index contributed by atoms with van der Waals surface area (Å²) < 4.78 is 23.6. The van der Waals surface area contributed by atoms with Gasteiger partial charge in [0.05, 0.1) is 4.92 Å². The molecule has 0 saturated heterocycles. The van der Waals surface area contributed by atoms with E-state index in [9.17, 15) is 18.5 Å². The lowest BCUT2D eigenvalue weighted by molar-refractivity contribution is -0.387. The Morgan fingerprint density at radius 1 is 1.41 bits per heavy atom. The van der Waals surface area contributed by atoms with Crippen LogP contribution in [0.2, 0.25) is 0 Å². The van der Waals surface area contributed by atoms with E-state index < -0.39 is 14.8 Å². The first-order valence-electron chi connectivity index (χ1n) is 7.19. The van der Waals surface area contributed by atoms with E-state index in [1.807, 2.05) is 11.8 Å². The van der Waals surface area contributed by atoms with Crippen molar-refractivity contribution in [2.45, 2.75) is 42.4 Å². The van der Waals surface area contributed by atoms with Gasteiger partial charge in [-0.25, -0.2) is 8.42 Å². The lowest BCUT2D eigenvalue weighted by atomic mass is 10.2. The molecular weight excluding hydrogens is 324 g/mol. The van der Waals surface area contributed by atoms with Crippen LogP contribution in [0, 0.1) is 10.1 Å². The van der Waals surface area contributed by atoms with E-state index >= 15 is 0 Å². The number of anilines is 1. The van der Waals surface area contributed by atoms with Crippen molar-refractivity contribution in [1.82, 2.24) is 0 Å². The molecule has 22 heavy (non-hydrogen) atoms. The second kappa shape index (κ2) is 6.87. The number of sulfone groups is 1. The van der Waals surface area contributed by atoms with Gasteiger partial charge >= 0.3 is 0 Å². The fourth-order valence-corrected chi connectivity index (χ4v) is 4.83. The molecular formula is C14H20N2O4S2. The summed E-state index contributed by atoms with van der Waals surface area (Å²) in [6.07, 6.45) is 4.30. The highest BCUT2D eigenvalue weighted by atomic mass is 32.2. The normalized spacial score (nSPS) is 21.7. The number of nitro benzene ring substituents is 1. The van der Waals surface area contributed by atoms with Gasteiger partial charge in [0, 0.05) is 29.3 Å². The van der Waals surface area contributed by atoms with Gasteiger partial charge in [-0.2, -0.15) is 11.8 Å². The minimum Gasteiger partial charge on any atom is -0.381 e. The molecule has 122 valence electrons. The van der Waals surface area contributed by atoms with Gasteiger partial charge in [-0.15, -0.1) is 0 Å². The molecule has 0 amide bonds. The highest BCUT2D eigenvalue weighted by Gasteiger charge is 2.28. The summed E-state index contributed by atoms with van der Waals surface area (Å²) in [6.45, 7) is 2.12. The van der Waals surface area contributed by atoms with Gasteiger partial charge in [0.15, 0.2) is 9.84 Å². The van der Waals surface area contributed by atoms with Crippen LogP contribution in [-0.4, -0.2) is 36.6 Å². The molecule has 0 bridgehead atoms. The molecule has 1 aromatic carbocycles. The lowest BCUT2D eigenvalue weighted by Gasteiger charge is -2.21. The maximum Gasteiger partial charge on any atom is 0.288 e. The average molecular weight is 344 g/mol. The summed E-state index contributed by atoms with van der Waals surface area (Å²) in [6, 6.07) is 4.49. The van der Waals surface area contributed by atoms with Crippen molar-refractivity contribution < 1.29 is 13.3 Å². The summed E-state index contributed by atoms with van der Waals surface area (Å²) in [7, 11) is -3.65. The quantitative estimate of drug-likeness (QED) is 0.630. The maximum absolute atomic E-state index is 11.8. The third-order valence-corrected chi connectivity index (χ3v) is 6.19. The van der Waals surface area contributed by atoms with Crippen LogP contribution in [0.5, 0.6) is 0 Å². The number of nitro groups is 1. The number of hydrogen-bond donors (Lipinski definition) is 1. The highest BCUT2D eigenvalue weighted by molar-refractivity contribution is 7.99. The minimum atomic E-state index is -3.65. The number of rotatable bonds is 6. The molecule has 1 saturated carbocycles. The Morgan fingerprint density at radius 2 is 2.14 bits per heavy atom. The molecule has 0 heterocycles. The Morgan fingerprint density at radius 3 is 2.73 bits per heavy atom. The molecule has 1 aliphatic carbocycles. The van der Waals surface area contributed by atoms with E-state index in [4.69, 9.17) is 0 Å². The topological polar surface area (TPSA) is 89.3 Å². The van der Waals surface area contributed by atoms with E-state index in [1.54, 1.807) is 6.07 Å². The predicted molar refractivity (Wildman–Crippen MR) is 89.4 cm³/mol. The number of nitrogens with zero attached hydrogens (tertiary/aromatic N) is 1. The van der Waals surface area contributed by atoms with Crippen molar-refractivity contribution >= 4 is 33.0 Å². The van der Waals surface area contributed by atoms with Crippen LogP contribution in [-0.2, 0) is 9.84 Å². The van der Waals surface area contributed by atoms with Crippen molar-refractivity contribution in [3.05, 3.63) is 28.3 Å². The Hall–Kier alpha value is -1.28. The van der Waals surface area contributed by atoms with Crippen molar-refractivity contribution in [2.75, 3.05) is 17.3 Å². The zero-order chi connectivity index (χ0) is 16.3. The summed E-state index contributed by atoms with van der Waals surface area (Å²) in [5, 5.41) is 14.8. The molecule has 0 spiro atoms. The standard InChI is InChI=1S/C14H20N2O4S2/c1-3-21-13-6-4-5-11(13)15-10-7-8-12(16(17)18)14(9-10)22(2,19)20/h7-9,11,13,15H,3-6H2,1-2H3. The molecule has 2 rings (SSSR count). The highest BCUT2D eigenvalue weighted by Crippen LogP contribution is 2.33. The van der Waals surface area contributed by atoms with Gasteiger partial charge in [-0.1, -0.05) is 13.3 Å². The number of benzene rings is 1. The van der Waals surface area contributed by atoms with Gasteiger partial charge < -0.3 is 5.32 Å². The minimum absolute atomic E-state index is 0.236. The molecule has 2 atom stereocenters. The monoisotopic (exact) mass is 344 g/mol. The SMILES string of the molecule is CCSC1CCCC1Nc1ccc([N+](=O)[O-])c(S(C)(=O)=O)c1. The third-order valence-electron chi connectivity index (χ3n) is 3.74. The van der Waals surface area contributed by atoms with Gasteiger partial charge in [-0.05, 0) is 30.7 Å². The Bertz CT molecular complexity index is 661. The first-order valence-corrected chi connectivity index (χ1v) is 10.1. The number of hydrogen-bond acceptors (Lipinski definition) is 6. The first-order chi connectivity index (χ1) is 10.3. The molecule has 1 N–H and O–H groups in total. The van der Waals surface area contributed by atoms with Crippen LogP contribution in [0.1, 0.15) is 26.2 Å². The van der Waals surface area contributed by atoms with Crippen molar-refractivity contribution in [3.63, 3.8) is 0 Å². The maximum atomic E-state index is 11.8. The van der Waals surface area contributed by atoms with Gasteiger partial charge in [0.1, 0.15) is 4.90 Å². The van der Waals surface area contributed by atoms with Crippen molar-refractivity contribution in [1.29, 1.82) is 0 Å². The molecule has 8 heteroatoms. The molecule has 2 unspecified atom stereocenters. The summed E-state index contributed by atoms with van der Waals surface area (Å²) >= 11 is 1.90. The number of nitrogens with one attached hydrogen (secondary N) is 1. The Balaban J connectivity index is 2.28.